The number of carboxylic acid groups (broad SMARTS) is 6. The van der Waals surface area contributed by atoms with Crippen molar-refractivity contribution in [3.63, 3.8) is 0 Å². The van der Waals surface area contributed by atoms with Crippen LogP contribution in [0.3, 0.4) is 0 Å². The zero-order chi connectivity index (χ0) is 102. The van der Waals surface area contributed by atoms with Crippen LogP contribution in [0, 0.1) is 0 Å². The van der Waals surface area contributed by atoms with E-state index in [-0.39, 0.29) is 215 Å². The number of Topliss-reactive ketones (excluding diaryl/α,β-unsaturated/α-hetero) is 6. The Kier molecular flexibility index (Phi) is 78.8. The molecule has 0 heterocycles. The molecule has 0 bridgehead atoms. The first kappa shape index (κ1) is 129. The van der Waals surface area contributed by atoms with Crippen molar-refractivity contribution in [2.24, 2.45) is 17.2 Å². The van der Waals surface area contributed by atoms with E-state index in [1.165, 1.54) is 0 Å². The predicted molar refractivity (Wildman–Crippen MR) is 510 cm³/mol. The summed E-state index contributed by atoms with van der Waals surface area (Å²) in [5.41, 5.74) is 16.1. The van der Waals surface area contributed by atoms with Gasteiger partial charge in [-0.25, -0.2) is 0 Å². The summed E-state index contributed by atoms with van der Waals surface area (Å²) in [4.78, 5) is 235. The van der Waals surface area contributed by atoms with Gasteiger partial charge in [0.25, 0.3) is 0 Å². The van der Waals surface area contributed by atoms with E-state index in [1.54, 1.807) is 49.8 Å². The number of hydrogen-bond donors (Lipinski definition) is 16. The molecule has 19 N–H and O–H groups in total. The molecule has 6 unspecified atom stereocenters. The van der Waals surface area contributed by atoms with Gasteiger partial charge in [0.2, 0.25) is 35.4 Å². The van der Waals surface area contributed by atoms with Gasteiger partial charge in [-0.2, -0.15) is 0 Å². The maximum absolute atomic E-state index is 13.4. The number of rotatable bonds is 87. The highest BCUT2D eigenvalue weighted by Crippen LogP contribution is 2.18. The molecule has 0 fully saturated rings. The van der Waals surface area contributed by atoms with Gasteiger partial charge in [0.1, 0.15) is 71.0 Å². The molecule has 0 aromatic carbocycles. The van der Waals surface area contributed by atoms with Crippen molar-refractivity contribution in [1.29, 1.82) is 0 Å². The van der Waals surface area contributed by atoms with Crippen molar-refractivity contribution in [3.05, 3.63) is 25.3 Å². The van der Waals surface area contributed by atoms with Crippen LogP contribution in [0.4, 0.5) is 0 Å². The predicted octanol–water partition coefficient (Wildman–Crippen LogP) is 2.41. The number of amides is 6. The van der Waals surface area contributed by atoms with Gasteiger partial charge in [0, 0.05) is 162 Å². The van der Waals surface area contributed by atoms with Crippen LogP contribution in [0.2, 0.25) is 0 Å². The van der Waals surface area contributed by atoms with Crippen molar-refractivity contribution in [1.82, 2.24) is 76.4 Å². The molecule has 0 saturated heterocycles. The lowest BCUT2D eigenvalue weighted by Crippen LogP contribution is -2.43. The third-order valence-corrected chi connectivity index (χ3v) is 22.3. The van der Waals surface area contributed by atoms with Gasteiger partial charge < -0.3 is 110 Å². The zero-order valence-electron chi connectivity index (χ0n) is 81.8. The fourth-order valence-corrected chi connectivity index (χ4v) is 13.7. The number of aliphatic carboxylic acids is 6. The molecule has 42 heteroatoms. The number of carboxylic acids is 6. The number of hydrogen-bond acceptors (Lipinski definition) is 30. The molecule has 0 aliphatic heterocycles. The van der Waals surface area contributed by atoms with E-state index < -0.39 is 95.7 Å². The van der Waals surface area contributed by atoms with E-state index in [0.29, 0.717) is 149 Å². The Hall–Kier alpha value is -9.34. The molecule has 0 saturated carbocycles. The fraction of sp³-hybridized carbons (Fsp3) is 0.761. The molecule has 0 aliphatic rings. The first-order valence-corrected chi connectivity index (χ1v) is 47.3. The molecule has 6 amide bonds. The number of nitrogens with two attached hydrogens (primary N) is 3. The number of nitrogens with one attached hydrogen (secondary N) is 7. The van der Waals surface area contributed by atoms with E-state index >= 15 is 0 Å². The number of nitrogens with zero attached hydrogens (tertiary/aromatic N) is 8. The molecule has 0 rings (SSSR count). The van der Waals surface area contributed by atoms with Gasteiger partial charge >= 0.3 is 35.8 Å². The first-order valence-electron chi connectivity index (χ1n) is 47.3. The topological polar surface area (TPSA) is 617 Å². The van der Waals surface area contributed by atoms with E-state index in [9.17, 15) is 112 Å². The van der Waals surface area contributed by atoms with Crippen LogP contribution < -0.4 is 54.4 Å². The average Bonchev–Trinajstić information content (AvgIpc) is 0.843. The number of carbonyl (C=O) groups is 18. The molecule has 0 radical (unpaired) electrons. The summed E-state index contributed by atoms with van der Waals surface area (Å²) in [5, 5.41) is 75.0. The highest BCUT2D eigenvalue weighted by molar-refractivity contribution is 5.89. The smallest absolute Gasteiger partial charge is 0.320 e. The summed E-state index contributed by atoms with van der Waals surface area (Å²) in [6.07, 6.45) is 15.3. The second-order valence-electron chi connectivity index (χ2n) is 34.4. The Balaban J connectivity index is -0.00000719. The van der Waals surface area contributed by atoms with E-state index in [1.807, 2.05) is 52.7 Å². The first-order chi connectivity index (χ1) is 63.4. The van der Waals surface area contributed by atoms with Crippen LogP contribution in [0.25, 0.3) is 0 Å². The Morgan fingerprint density at radius 1 is 0.306 bits per heavy atom. The molecule has 6 atom stereocenters. The summed E-state index contributed by atoms with van der Waals surface area (Å²) < 4.78 is 0. The van der Waals surface area contributed by atoms with Gasteiger partial charge in [-0.15, -0.1) is 0 Å². The lowest BCUT2D eigenvalue weighted by atomic mass is 10.0. The molecule has 42 nitrogen and oxygen atoms in total. The second kappa shape index (κ2) is 82.0. The van der Waals surface area contributed by atoms with Crippen LogP contribution in [0.15, 0.2) is 25.3 Å². The molecule has 0 aromatic heterocycles. The Morgan fingerprint density at radius 2 is 0.612 bits per heavy atom. The van der Waals surface area contributed by atoms with Crippen LogP contribution in [0.1, 0.15) is 244 Å². The van der Waals surface area contributed by atoms with Crippen molar-refractivity contribution in [3.8, 4) is 0 Å². The minimum absolute atomic E-state index is 0.00267. The summed E-state index contributed by atoms with van der Waals surface area (Å²) >= 11 is 0. The molecule has 134 heavy (non-hydrogen) atoms. The minimum atomic E-state index is -1.15. The lowest BCUT2D eigenvalue weighted by molar-refractivity contribution is -0.145. The zero-order valence-corrected chi connectivity index (χ0v) is 81.8. The van der Waals surface area contributed by atoms with Gasteiger partial charge in [0.05, 0.1) is 20.0 Å². The highest BCUT2D eigenvalue weighted by Gasteiger charge is 2.28. The number of carbonyl (C=O) groups excluding carboxylic acids is 12. The molecular formula is C92H168N18O24. The van der Waals surface area contributed by atoms with Gasteiger partial charge in [-0.05, 0) is 204 Å². The SMILES string of the molecule is C=CC(=O)NCNC(=O)C=C.CCC(=O)CCCC(=O)CCN(CCC(=O)CCCC(=O)CCN(C)CCCCC(C(=O)O)N(C)C)C(CCCCN(CCC(=O)CCCC(=O)CCN(C)CCCCC(C(=O)O)N(C)C)CCC(=O)NCNC(=O)CCN(CCCCC(N)C(=O)O)CCC(=O)NCNC(=O)CCNC(CCCCN(C)C)C(=O)O)C(=O)O.NCCCCC(N)C(=O)O. The van der Waals surface area contributed by atoms with Crippen LogP contribution in [-0.4, -0.2) is 387 Å². The van der Waals surface area contributed by atoms with E-state index in [2.05, 4.69) is 50.4 Å². The molecule has 0 spiro atoms. The second-order valence-corrected chi connectivity index (χ2v) is 34.4. The summed E-state index contributed by atoms with van der Waals surface area (Å²) in [7, 11) is 14.6. The number of ketones is 6. The van der Waals surface area contributed by atoms with Gasteiger partial charge in [0.15, 0.2) is 0 Å². The average molecular weight is 1910 g/mol. The molecule has 770 valence electrons. The number of likely N-dealkylation sites (N-methyl/N-ethyl adjacent to an activating group) is 2. The molecule has 0 aliphatic carbocycles. The fourth-order valence-electron chi connectivity index (χ4n) is 13.7. The largest absolute Gasteiger partial charge is 0.480 e. The normalized spacial score (nSPS) is 12.6. The molecular weight excluding hydrogens is 1740 g/mol. The quantitative estimate of drug-likeness (QED) is 0.0236. The van der Waals surface area contributed by atoms with Crippen LogP contribution in [-0.2, 0) is 86.3 Å². The Morgan fingerprint density at radius 3 is 0.948 bits per heavy atom. The van der Waals surface area contributed by atoms with E-state index in [4.69, 9.17) is 22.3 Å². The van der Waals surface area contributed by atoms with Crippen molar-refractivity contribution < 1.29 is 117 Å². The van der Waals surface area contributed by atoms with E-state index in [0.717, 1.165) is 50.8 Å². The molecule has 0 aromatic rings. The van der Waals surface area contributed by atoms with Gasteiger partial charge in [-0.1, -0.05) is 58.6 Å². The van der Waals surface area contributed by atoms with Gasteiger partial charge in [-0.3, -0.25) is 101 Å². The van der Waals surface area contributed by atoms with Crippen LogP contribution in [0.5, 0.6) is 0 Å². The highest BCUT2D eigenvalue weighted by atomic mass is 16.4. The third-order valence-electron chi connectivity index (χ3n) is 22.3. The maximum Gasteiger partial charge on any atom is 0.320 e. The van der Waals surface area contributed by atoms with Crippen molar-refractivity contribution >= 4 is 106 Å². The minimum Gasteiger partial charge on any atom is -0.480 e. The lowest BCUT2D eigenvalue weighted by Gasteiger charge is -2.29. The summed E-state index contributed by atoms with van der Waals surface area (Å²) in [6, 6.07) is -4.80. The Labute approximate surface area is 793 Å². The summed E-state index contributed by atoms with van der Waals surface area (Å²) in [5.74, 6) is -8.64. The monoisotopic (exact) mass is 1910 g/mol. The standard InChI is InChI=1S/C79H144N14O20.C7H10N2O2.C6H14N2O2/c1-10-60(94)24-21-25-64(98)39-56-93(57-40-65(99)29-23-27-62(96)37-51-90(9)47-18-14-33-69(78(110)111)88(6)7)70(79(112)113)34-15-20-49-91(52-38-63(97)28-22-26-61(95)36-50-89(8)46-17-13-32-68(77(108)109)87(4)5)53-41-72(101)84-59-85-74(103)43-55-92(48-19-11-30-66(80)75(104)105)54-42-73(102)83-58-82-71(100)35-44-81-67(76(106)107)31-12-16-45-86(2)3;1-3-6(10)8-5-9-7(11)4-2;7-4-2-1-3-5(8)6(9)10/h66-70,81H,10-59,80H2,1-9H3,(H,82,100)(H,83,102)(H,84,101)(H,85,103)(H,104,105)(H,106,107)(H,108,109)(H,110,111)(H,112,113);3-4H,1-2,5H2,(H,8,10)(H,9,11);5H,1-4,7-8H2,(H,9,10). The Bertz CT molecular complexity index is 3450. The maximum atomic E-state index is 13.4. The number of unbranched alkanes of at least 4 members (excludes halogenated alkanes) is 6. The summed E-state index contributed by atoms with van der Waals surface area (Å²) in [6.45, 7) is 13.5. The third kappa shape index (κ3) is 75.9. The van der Waals surface area contributed by atoms with Crippen LogP contribution >= 0.6 is 0 Å². The van der Waals surface area contributed by atoms with Crippen molar-refractivity contribution in [2.75, 3.05) is 175 Å². The van der Waals surface area contributed by atoms with Crippen molar-refractivity contribution in [2.45, 2.75) is 281 Å².